The first-order valence-corrected chi connectivity index (χ1v) is 5.86. The van der Waals surface area contributed by atoms with E-state index in [-0.39, 0.29) is 0 Å². The molecule has 1 aromatic heterocycles. The summed E-state index contributed by atoms with van der Waals surface area (Å²) >= 11 is 0. The molecule has 18 heavy (non-hydrogen) atoms. The highest BCUT2D eigenvalue weighted by molar-refractivity contribution is 6.08. The topological polar surface area (TPSA) is 7.94 Å². The third kappa shape index (κ3) is 1.65. The quantitative estimate of drug-likeness (QED) is 0.683. The van der Waals surface area contributed by atoms with Crippen LogP contribution in [0.15, 0.2) is 36.5 Å². The highest BCUT2D eigenvalue weighted by Gasteiger charge is 2.25. The van der Waals surface area contributed by atoms with E-state index in [1.807, 2.05) is 25.4 Å². The highest BCUT2D eigenvalue weighted by atomic mass is 19.2. The third-order valence-electron chi connectivity index (χ3n) is 3.32. The fourth-order valence-electron chi connectivity index (χ4n) is 2.40. The van der Waals surface area contributed by atoms with Gasteiger partial charge < -0.3 is 4.57 Å². The van der Waals surface area contributed by atoms with Crippen LogP contribution in [0.5, 0.6) is 0 Å². The molecule has 0 saturated carbocycles. The monoisotopic (exact) mass is 247 g/mol. The lowest BCUT2D eigenvalue weighted by Gasteiger charge is -2.16. The number of nitrogens with zero attached hydrogens (tertiary/aromatic N) is 2. The molecule has 2 aromatic rings. The lowest BCUT2D eigenvalue weighted by molar-refractivity contribution is -0.500. The Kier molecular flexibility index (Phi) is 2.51. The largest absolute Gasteiger partial charge is 0.336 e. The summed E-state index contributed by atoms with van der Waals surface area (Å²) in [4.78, 5) is 0. The molecule has 1 aliphatic heterocycles. The molecule has 1 aromatic carbocycles. The molecule has 0 N–H and O–H groups in total. The minimum absolute atomic E-state index is 0.705. The van der Waals surface area contributed by atoms with E-state index in [1.54, 1.807) is 6.07 Å². The van der Waals surface area contributed by atoms with E-state index >= 15 is 0 Å². The van der Waals surface area contributed by atoms with Crippen LogP contribution in [0.2, 0.25) is 0 Å². The molecule has 3 rings (SSSR count). The van der Waals surface area contributed by atoms with Crippen molar-refractivity contribution in [2.24, 2.45) is 0 Å². The van der Waals surface area contributed by atoms with Crippen molar-refractivity contribution < 1.29 is 13.4 Å². The van der Waals surface area contributed by atoms with Gasteiger partial charge in [0.25, 0.3) is 0 Å². The Hall–Kier alpha value is -1.97. The summed E-state index contributed by atoms with van der Waals surface area (Å²) in [6.07, 6.45) is 2.00. The van der Waals surface area contributed by atoms with Crippen molar-refractivity contribution in [2.45, 2.75) is 6.54 Å². The molecule has 0 atom stereocenters. The number of hydrogen-bond acceptors (Lipinski definition) is 0. The second-order valence-electron chi connectivity index (χ2n) is 4.49. The van der Waals surface area contributed by atoms with Gasteiger partial charge in [-0.25, -0.2) is 13.4 Å². The SMILES string of the molecule is C[N+]1=C(c2ccc(F)c(F)c2)c2cccn2CC1. The second-order valence-corrected chi connectivity index (χ2v) is 4.49. The number of aromatic nitrogens is 1. The molecule has 4 heteroatoms. The van der Waals surface area contributed by atoms with Gasteiger partial charge in [-0.05, 0) is 30.3 Å². The Labute approximate surface area is 104 Å². The predicted octanol–water partition coefficient (Wildman–Crippen LogP) is 2.26. The van der Waals surface area contributed by atoms with Gasteiger partial charge in [0.05, 0.1) is 12.1 Å². The van der Waals surface area contributed by atoms with Gasteiger partial charge in [0, 0.05) is 6.20 Å². The van der Waals surface area contributed by atoms with Crippen molar-refractivity contribution in [3.8, 4) is 0 Å². The molecule has 92 valence electrons. The molecule has 1 aliphatic rings. The van der Waals surface area contributed by atoms with E-state index in [2.05, 4.69) is 9.14 Å². The van der Waals surface area contributed by atoms with Crippen LogP contribution in [0.1, 0.15) is 11.3 Å². The fraction of sp³-hybridized carbons (Fsp3) is 0.214. The number of rotatable bonds is 1. The van der Waals surface area contributed by atoms with Crippen LogP contribution >= 0.6 is 0 Å². The van der Waals surface area contributed by atoms with E-state index < -0.39 is 11.6 Å². The van der Waals surface area contributed by atoms with Crippen molar-refractivity contribution in [2.75, 3.05) is 13.6 Å². The molecule has 0 radical (unpaired) electrons. The van der Waals surface area contributed by atoms with Crippen molar-refractivity contribution in [1.82, 2.24) is 4.57 Å². The molecular weight excluding hydrogens is 234 g/mol. The maximum Gasteiger partial charge on any atom is 0.231 e. The molecule has 0 spiro atoms. The summed E-state index contributed by atoms with van der Waals surface area (Å²) < 4.78 is 30.5. The summed E-state index contributed by atoms with van der Waals surface area (Å²) in [6.45, 7) is 1.77. The zero-order valence-corrected chi connectivity index (χ0v) is 10.0. The molecule has 0 amide bonds. The molecule has 2 heterocycles. The average molecular weight is 247 g/mol. The predicted molar refractivity (Wildman–Crippen MR) is 65.1 cm³/mol. The van der Waals surface area contributed by atoms with Gasteiger partial charge >= 0.3 is 0 Å². The van der Waals surface area contributed by atoms with E-state index in [4.69, 9.17) is 0 Å². The van der Waals surface area contributed by atoms with Crippen molar-refractivity contribution in [1.29, 1.82) is 0 Å². The highest BCUT2D eigenvalue weighted by Crippen LogP contribution is 2.17. The second kappa shape index (κ2) is 4.05. The van der Waals surface area contributed by atoms with Gasteiger partial charge in [0.2, 0.25) is 5.71 Å². The van der Waals surface area contributed by atoms with Gasteiger partial charge in [0.15, 0.2) is 18.2 Å². The minimum atomic E-state index is -0.812. The van der Waals surface area contributed by atoms with E-state index in [0.29, 0.717) is 5.56 Å². The Bertz CT molecular complexity index is 641. The standard InChI is InChI=1S/C14H13F2N2/c1-17-7-8-18-6-2-3-13(18)14(17)10-4-5-11(15)12(16)9-10/h2-6,9H,7-8H2,1H3/q+1. The van der Waals surface area contributed by atoms with Gasteiger partial charge in [-0.3, -0.25) is 0 Å². The van der Waals surface area contributed by atoms with Crippen LogP contribution in [0, 0.1) is 11.6 Å². The number of halogens is 2. The van der Waals surface area contributed by atoms with E-state index in [9.17, 15) is 8.78 Å². The van der Waals surface area contributed by atoms with E-state index in [1.165, 1.54) is 12.1 Å². The average Bonchev–Trinajstić information content (AvgIpc) is 2.81. The third-order valence-corrected chi connectivity index (χ3v) is 3.32. The van der Waals surface area contributed by atoms with E-state index in [0.717, 1.165) is 24.5 Å². The normalized spacial score (nSPS) is 14.8. The zero-order chi connectivity index (χ0) is 12.7. The van der Waals surface area contributed by atoms with Crippen molar-refractivity contribution >= 4 is 5.71 Å². The lowest BCUT2D eigenvalue weighted by Crippen LogP contribution is -2.31. The maximum atomic E-state index is 13.3. The molecule has 2 nitrogen and oxygen atoms in total. The van der Waals surface area contributed by atoms with Crippen molar-refractivity contribution in [3.63, 3.8) is 0 Å². The summed E-state index contributed by atoms with van der Waals surface area (Å²) in [5, 5.41) is 0. The number of fused-ring (bicyclic) bond motifs is 1. The molecule has 0 fully saturated rings. The summed E-state index contributed by atoms with van der Waals surface area (Å²) in [6, 6.07) is 8.00. The maximum absolute atomic E-state index is 13.3. The molecule has 0 aliphatic carbocycles. The zero-order valence-electron chi connectivity index (χ0n) is 10.0. The first-order chi connectivity index (χ1) is 8.66. The number of hydrogen-bond donors (Lipinski definition) is 0. The van der Waals surface area contributed by atoms with Crippen LogP contribution in [0.3, 0.4) is 0 Å². The van der Waals surface area contributed by atoms with Gasteiger partial charge in [-0.2, -0.15) is 0 Å². The number of benzene rings is 1. The van der Waals surface area contributed by atoms with Crippen LogP contribution in [-0.4, -0.2) is 28.4 Å². The Morgan fingerprint density at radius 1 is 1.17 bits per heavy atom. The summed E-state index contributed by atoms with van der Waals surface area (Å²) in [7, 11) is 1.97. The van der Waals surface area contributed by atoms with Crippen LogP contribution in [-0.2, 0) is 6.54 Å². The Morgan fingerprint density at radius 3 is 2.78 bits per heavy atom. The Morgan fingerprint density at radius 2 is 2.00 bits per heavy atom. The lowest BCUT2D eigenvalue weighted by atomic mass is 10.1. The molecular formula is C14H13F2N2+. The summed E-state index contributed by atoms with van der Waals surface area (Å²) in [5.74, 6) is -1.62. The minimum Gasteiger partial charge on any atom is -0.336 e. The van der Waals surface area contributed by atoms with Crippen LogP contribution < -0.4 is 0 Å². The number of likely N-dealkylation sites (N-methyl/N-ethyl adjacent to an activating group) is 1. The summed E-state index contributed by atoms with van der Waals surface area (Å²) in [5.41, 5.74) is 2.68. The molecule has 0 saturated heterocycles. The molecule has 0 unspecified atom stereocenters. The van der Waals surface area contributed by atoms with Gasteiger partial charge in [0.1, 0.15) is 12.7 Å². The molecule has 0 bridgehead atoms. The van der Waals surface area contributed by atoms with Crippen LogP contribution in [0.25, 0.3) is 0 Å². The van der Waals surface area contributed by atoms with Crippen LogP contribution in [0.4, 0.5) is 8.78 Å². The van der Waals surface area contributed by atoms with Crippen molar-refractivity contribution in [3.05, 3.63) is 59.4 Å². The smallest absolute Gasteiger partial charge is 0.231 e. The van der Waals surface area contributed by atoms with Gasteiger partial charge in [-0.1, -0.05) is 0 Å². The first-order valence-electron chi connectivity index (χ1n) is 5.86. The Balaban J connectivity index is 2.18. The fourth-order valence-corrected chi connectivity index (χ4v) is 2.40. The van der Waals surface area contributed by atoms with Gasteiger partial charge in [-0.15, -0.1) is 0 Å². The first kappa shape index (κ1) is 11.1.